The summed E-state index contributed by atoms with van der Waals surface area (Å²) in [5, 5.41) is 24.5. The van der Waals surface area contributed by atoms with Crippen molar-refractivity contribution in [3.63, 3.8) is 0 Å². The summed E-state index contributed by atoms with van der Waals surface area (Å²) in [5.74, 6) is -0.833. The van der Waals surface area contributed by atoms with E-state index in [4.69, 9.17) is 29.6 Å². The molecule has 0 aliphatic carbocycles. The normalized spacial score (nSPS) is 12.3. The van der Waals surface area contributed by atoms with Crippen molar-refractivity contribution in [3.8, 4) is 0 Å². The Labute approximate surface area is 135 Å². The standard InChI is InChI=1S/C8H18O.C6H14O3.C2H4O2/c1-3-5-7-9-8-6-4-2;1-5(8)4-9-6(2)3-7;1-2(3)4/h3-8H2,1-2H3;5-8H,3-4H2,1-2H3;1H3,(H,3,4). The molecule has 0 saturated carbocycles. The third kappa shape index (κ3) is 42.7. The van der Waals surface area contributed by atoms with Gasteiger partial charge in [0.15, 0.2) is 0 Å². The molecule has 136 valence electrons. The predicted octanol–water partition coefficient (Wildman–Crippen LogP) is 2.46. The molecule has 0 fully saturated rings. The Kier molecular flexibility index (Phi) is 26.9. The number of aliphatic hydroxyl groups is 2. The van der Waals surface area contributed by atoms with Gasteiger partial charge < -0.3 is 24.8 Å². The van der Waals surface area contributed by atoms with E-state index in [1.807, 2.05) is 0 Å². The first kappa shape index (κ1) is 26.2. The third-order valence-electron chi connectivity index (χ3n) is 2.16. The van der Waals surface area contributed by atoms with Crippen molar-refractivity contribution >= 4 is 5.97 Å². The molecule has 2 unspecified atom stereocenters. The van der Waals surface area contributed by atoms with Crippen molar-refractivity contribution in [3.05, 3.63) is 0 Å². The molecule has 6 nitrogen and oxygen atoms in total. The van der Waals surface area contributed by atoms with Crippen LogP contribution in [-0.4, -0.2) is 59.9 Å². The average Bonchev–Trinajstić information content (AvgIpc) is 2.44. The van der Waals surface area contributed by atoms with Gasteiger partial charge in [0.1, 0.15) is 0 Å². The van der Waals surface area contributed by atoms with Crippen molar-refractivity contribution < 1.29 is 29.6 Å². The van der Waals surface area contributed by atoms with E-state index >= 15 is 0 Å². The van der Waals surface area contributed by atoms with Crippen molar-refractivity contribution in [1.82, 2.24) is 0 Å². The van der Waals surface area contributed by atoms with Crippen molar-refractivity contribution in [2.75, 3.05) is 26.4 Å². The molecule has 3 N–H and O–H groups in total. The number of unbranched alkanes of at least 4 members (excludes halogenated alkanes) is 2. The third-order valence-corrected chi connectivity index (χ3v) is 2.16. The maximum absolute atomic E-state index is 9.00. The van der Waals surface area contributed by atoms with Gasteiger partial charge in [-0.2, -0.15) is 0 Å². The van der Waals surface area contributed by atoms with E-state index in [0.29, 0.717) is 6.61 Å². The second kappa shape index (κ2) is 22.6. The Hall–Kier alpha value is -0.690. The highest BCUT2D eigenvalue weighted by Crippen LogP contribution is 1.91. The van der Waals surface area contributed by atoms with Crippen LogP contribution in [0.1, 0.15) is 60.3 Å². The Morgan fingerprint density at radius 2 is 1.50 bits per heavy atom. The van der Waals surface area contributed by atoms with Gasteiger partial charge in [-0.15, -0.1) is 0 Å². The van der Waals surface area contributed by atoms with E-state index in [-0.39, 0.29) is 12.7 Å². The van der Waals surface area contributed by atoms with E-state index in [1.165, 1.54) is 25.7 Å². The van der Waals surface area contributed by atoms with Crippen LogP contribution in [0.15, 0.2) is 0 Å². The van der Waals surface area contributed by atoms with Crippen LogP contribution in [0, 0.1) is 0 Å². The fourth-order valence-electron chi connectivity index (χ4n) is 0.951. The predicted molar refractivity (Wildman–Crippen MR) is 88.1 cm³/mol. The van der Waals surface area contributed by atoms with E-state index in [2.05, 4.69) is 13.8 Å². The molecule has 22 heavy (non-hydrogen) atoms. The summed E-state index contributed by atoms with van der Waals surface area (Å²) in [6.07, 6.45) is 4.30. The number of rotatable bonds is 10. The van der Waals surface area contributed by atoms with E-state index < -0.39 is 12.1 Å². The summed E-state index contributed by atoms with van der Waals surface area (Å²) in [6, 6.07) is 0. The molecule has 0 aromatic rings. The molecule has 0 spiro atoms. The van der Waals surface area contributed by atoms with Gasteiger partial charge in [-0.3, -0.25) is 4.79 Å². The Morgan fingerprint density at radius 3 is 1.77 bits per heavy atom. The SMILES string of the molecule is CC(=O)O.CC(O)COC(C)CO.CCCCOCCCC. The van der Waals surface area contributed by atoms with Crippen LogP contribution in [0.4, 0.5) is 0 Å². The van der Waals surface area contributed by atoms with Gasteiger partial charge >= 0.3 is 0 Å². The lowest BCUT2D eigenvalue weighted by Gasteiger charge is -2.10. The summed E-state index contributed by atoms with van der Waals surface area (Å²) < 4.78 is 10.3. The molecule has 6 heteroatoms. The monoisotopic (exact) mass is 324 g/mol. The van der Waals surface area contributed by atoms with Crippen molar-refractivity contribution in [2.24, 2.45) is 0 Å². The molecule has 0 saturated heterocycles. The maximum atomic E-state index is 9.00. The number of ether oxygens (including phenoxy) is 2. The number of aliphatic carboxylic acids is 1. The second-order valence-corrected chi connectivity index (χ2v) is 5.01. The first-order chi connectivity index (χ1) is 10.3. The fourth-order valence-corrected chi connectivity index (χ4v) is 0.951. The van der Waals surface area contributed by atoms with E-state index in [1.54, 1.807) is 13.8 Å². The highest BCUT2D eigenvalue weighted by Gasteiger charge is 2.00. The molecule has 0 aliphatic rings. The van der Waals surface area contributed by atoms with Crippen LogP contribution in [0.3, 0.4) is 0 Å². The van der Waals surface area contributed by atoms with Gasteiger partial charge in [-0.05, 0) is 26.7 Å². The number of carboxylic acids is 1. The van der Waals surface area contributed by atoms with Gasteiger partial charge in [-0.1, -0.05) is 26.7 Å². The number of aliphatic hydroxyl groups excluding tert-OH is 2. The van der Waals surface area contributed by atoms with Gasteiger partial charge in [0, 0.05) is 20.1 Å². The molecular formula is C16H36O6. The van der Waals surface area contributed by atoms with E-state index in [9.17, 15) is 0 Å². The lowest BCUT2D eigenvalue weighted by atomic mass is 10.3. The smallest absolute Gasteiger partial charge is 0.300 e. The first-order valence-electron chi connectivity index (χ1n) is 7.99. The van der Waals surface area contributed by atoms with Gasteiger partial charge in [0.25, 0.3) is 5.97 Å². The van der Waals surface area contributed by atoms with Gasteiger partial charge in [0.05, 0.1) is 25.4 Å². The minimum absolute atomic E-state index is 0.00667. The quantitative estimate of drug-likeness (QED) is 0.534. The second-order valence-electron chi connectivity index (χ2n) is 5.01. The van der Waals surface area contributed by atoms with Crippen LogP contribution in [-0.2, 0) is 14.3 Å². The van der Waals surface area contributed by atoms with Crippen LogP contribution >= 0.6 is 0 Å². The summed E-state index contributed by atoms with van der Waals surface area (Å²) in [7, 11) is 0. The Balaban J connectivity index is -0.000000266. The topological polar surface area (TPSA) is 96.2 Å². The highest BCUT2D eigenvalue weighted by atomic mass is 16.5. The lowest BCUT2D eigenvalue weighted by Crippen LogP contribution is -2.19. The molecule has 0 radical (unpaired) electrons. The minimum Gasteiger partial charge on any atom is -0.481 e. The zero-order chi connectivity index (χ0) is 17.8. The van der Waals surface area contributed by atoms with E-state index in [0.717, 1.165) is 20.1 Å². The minimum atomic E-state index is -0.833. The lowest BCUT2D eigenvalue weighted by molar-refractivity contribution is -0.134. The summed E-state index contributed by atoms with van der Waals surface area (Å²) >= 11 is 0. The van der Waals surface area contributed by atoms with Crippen LogP contribution in [0.2, 0.25) is 0 Å². The van der Waals surface area contributed by atoms with Crippen LogP contribution in [0.25, 0.3) is 0 Å². The van der Waals surface area contributed by atoms with Crippen molar-refractivity contribution in [2.45, 2.75) is 72.5 Å². The van der Waals surface area contributed by atoms with Crippen LogP contribution < -0.4 is 0 Å². The molecule has 0 bridgehead atoms. The highest BCUT2D eigenvalue weighted by molar-refractivity contribution is 5.62. The molecule has 2 atom stereocenters. The molecule has 0 heterocycles. The summed E-state index contributed by atoms with van der Waals surface area (Å²) in [4.78, 5) is 9.00. The van der Waals surface area contributed by atoms with Gasteiger partial charge in [0.2, 0.25) is 0 Å². The Morgan fingerprint density at radius 1 is 1.09 bits per heavy atom. The molecule has 0 aromatic carbocycles. The van der Waals surface area contributed by atoms with Gasteiger partial charge in [-0.25, -0.2) is 0 Å². The summed E-state index contributed by atoms with van der Waals surface area (Å²) in [6.45, 7) is 11.1. The molecule has 0 aromatic heterocycles. The molecule has 0 aliphatic heterocycles. The van der Waals surface area contributed by atoms with Crippen molar-refractivity contribution in [1.29, 1.82) is 0 Å². The zero-order valence-corrected chi connectivity index (χ0v) is 14.9. The van der Waals surface area contributed by atoms with Crippen LogP contribution in [0.5, 0.6) is 0 Å². The number of carboxylic acid groups (broad SMARTS) is 1. The molecule has 0 amide bonds. The number of hydrogen-bond donors (Lipinski definition) is 3. The Bertz CT molecular complexity index is 199. The number of hydrogen-bond acceptors (Lipinski definition) is 5. The zero-order valence-electron chi connectivity index (χ0n) is 14.9. The molecular weight excluding hydrogens is 288 g/mol. The average molecular weight is 324 g/mol. The largest absolute Gasteiger partial charge is 0.481 e. The summed E-state index contributed by atoms with van der Waals surface area (Å²) in [5.41, 5.74) is 0. The maximum Gasteiger partial charge on any atom is 0.300 e. The number of carbonyl (C=O) groups is 1. The molecule has 0 rings (SSSR count). The first-order valence-corrected chi connectivity index (χ1v) is 7.99. The fraction of sp³-hybridized carbons (Fsp3) is 0.938.